The van der Waals surface area contributed by atoms with Crippen molar-refractivity contribution < 1.29 is 4.74 Å². The zero-order chi connectivity index (χ0) is 13.2. The molecule has 0 radical (unpaired) electrons. The van der Waals surface area contributed by atoms with Gasteiger partial charge in [-0.3, -0.25) is 0 Å². The van der Waals surface area contributed by atoms with Crippen molar-refractivity contribution in [2.24, 2.45) is 0 Å². The van der Waals surface area contributed by atoms with Crippen molar-refractivity contribution >= 4 is 21.6 Å². The van der Waals surface area contributed by atoms with Crippen LogP contribution in [0.1, 0.15) is 26.3 Å². The fourth-order valence-corrected chi connectivity index (χ4v) is 2.32. The monoisotopic (exact) mass is 312 g/mol. The molecule has 1 aromatic carbocycles. The standard InChI is InChI=1S/C14H21BrN2O/c1-14(2,3)18-9-12-8-17-13-5-4-11(15)6-10(13)7-16-12/h4-6,12,16-17H,7-9H2,1-3H3. The van der Waals surface area contributed by atoms with Gasteiger partial charge < -0.3 is 15.4 Å². The molecule has 1 aliphatic heterocycles. The SMILES string of the molecule is CC(C)(C)OCC1CNc2ccc(Br)cc2CN1. The molecule has 0 spiro atoms. The molecule has 1 heterocycles. The smallest absolute Gasteiger partial charge is 0.0644 e. The molecular formula is C14H21BrN2O. The first-order valence-electron chi connectivity index (χ1n) is 6.34. The molecule has 100 valence electrons. The maximum absolute atomic E-state index is 5.84. The van der Waals surface area contributed by atoms with E-state index in [9.17, 15) is 0 Å². The van der Waals surface area contributed by atoms with Crippen LogP contribution >= 0.6 is 15.9 Å². The first-order valence-corrected chi connectivity index (χ1v) is 7.13. The number of hydrogen-bond acceptors (Lipinski definition) is 3. The fourth-order valence-electron chi connectivity index (χ4n) is 1.91. The van der Waals surface area contributed by atoms with E-state index in [1.54, 1.807) is 0 Å². The fraction of sp³-hybridized carbons (Fsp3) is 0.571. The third-order valence-electron chi connectivity index (χ3n) is 2.90. The minimum atomic E-state index is -0.0795. The second-order valence-corrected chi connectivity index (χ2v) is 6.60. The molecule has 0 aliphatic carbocycles. The number of hydrogen-bond donors (Lipinski definition) is 2. The van der Waals surface area contributed by atoms with Crippen LogP contribution in [-0.2, 0) is 11.3 Å². The van der Waals surface area contributed by atoms with Gasteiger partial charge in [0.15, 0.2) is 0 Å². The Labute approximate surface area is 117 Å². The van der Waals surface area contributed by atoms with Gasteiger partial charge >= 0.3 is 0 Å². The molecule has 18 heavy (non-hydrogen) atoms. The highest BCUT2D eigenvalue weighted by molar-refractivity contribution is 9.10. The van der Waals surface area contributed by atoms with Gasteiger partial charge in [0.05, 0.1) is 12.2 Å². The first-order chi connectivity index (χ1) is 8.44. The molecular weight excluding hydrogens is 292 g/mol. The van der Waals surface area contributed by atoms with Crippen molar-refractivity contribution in [1.29, 1.82) is 0 Å². The van der Waals surface area contributed by atoms with Gasteiger partial charge in [-0.2, -0.15) is 0 Å². The van der Waals surface area contributed by atoms with E-state index < -0.39 is 0 Å². The Balaban J connectivity index is 1.95. The van der Waals surface area contributed by atoms with Crippen LogP contribution in [0.3, 0.4) is 0 Å². The summed E-state index contributed by atoms with van der Waals surface area (Å²) >= 11 is 3.51. The van der Waals surface area contributed by atoms with Crippen LogP contribution < -0.4 is 10.6 Å². The van der Waals surface area contributed by atoms with Gasteiger partial charge in [0.25, 0.3) is 0 Å². The summed E-state index contributed by atoms with van der Waals surface area (Å²) in [5.74, 6) is 0. The quantitative estimate of drug-likeness (QED) is 0.880. The van der Waals surface area contributed by atoms with E-state index in [1.807, 2.05) is 0 Å². The van der Waals surface area contributed by atoms with Crippen LogP contribution in [0.4, 0.5) is 5.69 Å². The second kappa shape index (κ2) is 5.59. The Bertz CT molecular complexity index is 415. The molecule has 1 aromatic rings. The molecule has 0 amide bonds. The maximum Gasteiger partial charge on any atom is 0.0644 e. The molecule has 3 nitrogen and oxygen atoms in total. The Morgan fingerprint density at radius 1 is 1.39 bits per heavy atom. The van der Waals surface area contributed by atoms with Crippen LogP contribution in [0, 0.1) is 0 Å². The number of rotatable bonds is 2. The zero-order valence-electron chi connectivity index (χ0n) is 11.2. The predicted molar refractivity (Wildman–Crippen MR) is 79.0 cm³/mol. The summed E-state index contributed by atoms with van der Waals surface area (Å²) < 4.78 is 6.95. The minimum absolute atomic E-state index is 0.0795. The van der Waals surface area contributed by atoms with Gasteiger partial charge in [-0.05, 0) is 44.5 Å². The van der Waals surface area contributed by atoms with Gasteiger partial charge in [-0.1, -0.05) is 15.9 Å². The van der Waals surface area contributed by atoms with Crippen molar-refractivity contribution in [3.63, 3.8) is 0 Å². The highest BCUT2D eigenvalue weighted by Crippen LogP contribution is 2.22. The lowest BCUT2D eigenvalue weighted by molar-refractivity contribution is -0.0128. The molecule has 1 atom stereocenters. The zero-order valence-corrected chi connectivity index (χ0v) is 12.8. The largest absolute Gasteiger partial charge is 0.383 e. The van der Waals surface area contributed by atoms with Crippen LogP contribution in [0.2, 0.25) is 0 Å². The summed E-state index contributed by atoms with van der Waals surface area (Å²) in [5.41, 5.74) is 2.43. The minimum Gasteiger partial charge on any atom is -0.383 e. The first kappa shape index (κ1) is 13.8. The maximum atomic E-state index is 5.84. The molecule has 4 heteroatoms. The normalized spacial score (nSPS) is 19.9. The molecule has 0 bridgehead atoms. The molecule has 0 saturated heterocycles. The highest BCUT2D eigenvalue weighted by Gasteiger charge is 2.18. The summed E-state index contributed by atoms with van der Waals surface area (Å²) in [4.78, 5) is 0. The molecule has 2 rings (SSSR count). The number of ether oxygens (including phenoxy) is 1. The summed E-state index contributed by atoms with van der Waals surface area (Å²) in [5, 5.41) is 7.00. The van der Waals surface area contributed by atoms with E-state index in [4.69, 9.17) is 4.74 Å². The number of benzene rings is 1. The number of nitrogens with one attached hydrogen (secondary N) is 2. The Kier molecular flexibility index (Phi) is 4.30. The van der Waals surface area contributed by atoms with Crippen molar-refractivity contribution in [3.8, 4) is 0 Å². The summed E-state index contributed by atoms with van der Waals surface area (Å²) in [6.45, 7) is 8.76. The lowest BCUT2D eigenvalue weighted by atomic mass is 10.2. The van der Waals surface area contributed by atoms with Crippen LogP contribution in [-0.4, -0.2) is 24.8 Å². The van der Waals surface area contributed by atoms with E-state index in [0.717, 1.165) is 24.2 Å². The molecule has 0 saturated carbocycles. The average molecular weight is 313 g/mol. The van der Waals surface area contributed by atoms with Gasteiger partial charge in [0.1, 0.15) is 0 Å². The van der Waals surface area contributed by atoms with Crippen LogP contribution in [0.25, 0.3) is 0 Å². The molecule has 1 aliphatic rings. The van der Waals surface area contributed by atoms with E-state index in [-0.39, 0.29) is 5.60 Å². The van der Waals surface area contributed by atoms with E-state index >= 15 is 0 Å². The number of fused-ring (bicyclic) bond motifs is 1. The third kappa shape index (κ3) is 3.97. The Morgan fingerprint density at radius 2 is 2.17 bits per heavy atom. The van der Waals surface area contributed by atoms with Crippen LogP contribution in [0.5, 0.6) is 0 Å². The molecule has 0 aromatic heterocycles. The van der Waals surface area contributed by atoms with E-state index in [1.165, 1.54) is 11.3 Å². The van der Waals surface area contributed by atoms with Crippen LogP contribution in [0.15, 0.2) is 22.7 Å². The Hall–Kier alpha value is -0.580. The molecule has 1 unspecified atom stereocenters. The van der Waals surface area contributed by atoms with E-state index in [2.05, 4.69) is 65.5 Å². The molecule has 2 N–H and O–H groups in total. The lowest BCUT2D eigenvalue weighted by Crippen LogP contribution is -2.39. The number of anilines is 1. The van der Waals surface area contributed by atoms with Crippen molar-refractivity contribution in [2.75, 3.05) is 18.5 Å². The van der Waals surface area contributed by atoms with E-state index in [0.29, 0.717) is 6.04 Å². The average Bonchev–Trinajstić information content (AvgIpc) is 2.47. The van der Waals surface area contributed by atoms with Crippen molar-refractivity contribution in [1.82, 2.24) is 5.32 Å². The van der Waals surface area contributed by atoms with Gasteiger partial charge in [-0.15, -0.1) is 0 Å². The van der Waals surface area contributed by atoms with Crippen molar-refractivity contribution in [3.05, 3.63) is 28.2 Å². The summed E-state index contributed by atoms with van der Waals surface area (Å²) in [6, 6.07) is 6.68. The Morgan fingerprint density at radius 3 is 2.89 bits per heavy atom. The van der Waals surface area contributed by atoms with Crippen molar-refractivity contribution in [2.45, 2.75) is 39.0 Å². The summed E-state index contributed by atoms with van der Waals surface area (Å²) in [7, 11) is 0. The molecule has 0 fully saturated rings. The predicted octanol–water partition coefficient (Wildman–Crippen LogP) is 3.15. The van der Waals surface area contributed by atoms with Gasteiger partial charge in [-0.25, -0.2) is 0 Å². The van der Waals surface area contributed by atoms with Gasteiger partial charge in [0, 0.05) is 29.3 Å². The van der Waals surface area contributed by atoms with Gasteiger partial charge in [0.2, 0.25) is 0 Å². The lowest BCUT2D eigenvalue weighted by Gasteiger charge is -2.24. The summed E-state index contributed by atoms with van der Waals surface area (Å²) in [6.07, 6.45) is 0. The second-order valence-electron chi connectivity index (χ2n) is 5.68. The third-order valence-corrected chi connectivity index (χ3v) is 3.40. The number of halogens is 1. The topological polar surface area (TPSA) is 33.3 Å². The highest BCUT2D eigenvalue weighted by atomic mass is 79.9.